The van der Waals surface area contributed by atoms with Crippen LogP contribution >= 0.6 is 24.8 Å². The van der Waals surface area contributed by atoms with Crippen LogP contribution in [0.1, 0.15) is 51.6 Å². The molecule has 0 saturated carbocycles. The molecule has 3 aromatic heterocycles. The Bertz CT molecular complexity index is 1660. The summed E-state index contributed by atoms with van der Waals surface area (Å²) in [5, 5.41) is 4.23. The summed E-state index contributed by atoms with van der Waals surface area (Å²) in [5.74, 6) is 0.209. The van der Waals surface area contributed by atoms with Crippen LogP contribution in [0.25, 0.3) is 11.0 Å². The zero-order chi connectivity index (χ0) is 30.6. The molecular formula is C33H41Cl2N5O5. The van der Waals surface area contributed by atoms with E-state index in [2.05, 4.69) is 10.3 Å². The van der Waals surface area contributed by atoms with Crippen LogP contribution in [0.3, 0.4) is 0 Å². The lowest BCUT2D eigenvalue weighted by Gasteiger charge is -2.27. The number of hydrogen-bond acceptors (Lipinski definition) is 7. The van der Waals surface area contributed by atoms with Crippen molar-refractivity contribution in [3.63, 3.8) is 0 Å². The van der Waals surface area contributed by atoms with Gasteiger partial charge in [0.25, 0.3) is 5.56 Å². The monoisotopic (exact) mass is 657 g/mol. The summed E-state index contributed by atoms with van der Waals surface area (Å²) in [7, 11) is 1.70. The van der Waals surface area contributed by atoms with Gasteiger partial charge in [0.1, 0.15) is 16.7 Å². The summed E-state index contributed by atoms with van der Waals surface area (Å²) in [4.78, 5) is 46.4. The predicted octanol–water partition coefficient (Wildman–Crippen LogP) is 5.77. The van der Waals surface area contributed by atoms with Crippen LogP contribution in [0, 0.1) is 5.41 Å². The smallest absolute Gasteiger partial charge is 0.261 e. The van der Waals surface area contributed by atoms with E-state index in [0.29, 0.717) is 47.8 Å². The van der Waals surface area contributed by atoms with Gasteiger partial charge in [0, 0.05) is 50.8 Å². The molecule has 4 aromatic rings. The van der Waals surface area contributed by atoms with Crippen LogP contribution in [-0.4, -0.2) is 48.1 Å². The molecule has 5 rings (SSSR count). The topological polar surface area (TPSA) is 110 Å². The highest BCUT2D eigenvalue weighted by Gasteiger charge is 2.45. The number of amides is 2. The fourth-order valence-electron chi connectivity index (χ4n) is 5.60. The number of anilines is 2. The van der Waals surface area contributed by atoms with Gasteiger partial charge in [0.15, 0.2) is 0 Å². The number of rotatable bonds is 12. The van der Waals surface area contributed by atoms with Crippen LogP contribution < -0.4 is 25.4 Å². The second kappa shape index (κ2) is 15.4. The molecule has 45 heavy (non-hydrogen) atoms. The Morgan fingerprint density at radius 2 is 1.73 bits per heavy atom. The molecule has 1 N–H and O–H groups in total. The number of aryl methyl sites for hydroxylation is 1. The van der Waals surface area contributed by atoms with Crippen LogP contribution in [0.4, 0.5) is 11.4 Å². The Morgan fingerprint density at radius 1 is 0.978 bits per heavy atom. The lowest BCUT2D eigenvalue weighted by Crippen LogP contribution is -2.47. The normalized spacial score (nSPS) is 14.8. The maximum absolute atomic E-state index is 13.1. The number of ether oxygens (including phenoxy) is 1. The molecule has 10 nitrogen and oxygen atoms in total. The number of unbranched alkanes of at least 4 members (excludes halogenated alkanes) is 1. The number of nitrogens with one attached hydrogen (secondary N) is 1. The van der Waals surface area contributed by atoms with Crippen LogP contribution in [0.5, 0.6) is 5.75 Å². The van der Waals surface area contributed by atoms with Gasteiger partial charge in [-0.05, 0) is 88.5 Å². The van der Waals surface area contributed by atoms with E-state index in [4.69, 9.17) is 9.15 Å². The average Bonchev–Trinajstić information content (AvgIpc) is 3.50. The van der Waals surface area contributed by atoms with E-state index in [1.54, 1.807) is 59.9 Å². The molecule has 0 aliphatic carbocycles. The lowest BCUT2D eigenvalue weighted by atomic mass is 9.90. The van der Waals surface area contributed by atoms with Crippen molar-refractivity contribution >= 4 is 59.0 Å². The first kappa shape index (κ1) is 35.6. The SMILES string of the molecule is CCN1C(=O)C(C)(C)C(=O)N(C)c2cc(OCCCCNC(CCn3ccc4occc4c3=O)c3ccncc3)ccc21.Cl.Cl. The predicted molar refractivity (Wildman–Crippen MR) is 181 cm³/mol. The number of furan rings is 1. The number of pyridine rings is 2. The van der Waals surface area contributed by atoms with Crippen molar-refractivity contribution in [3.8, 4) is 5.75 Å². The van der Waals surface area contributed by atoms with Gasteiger partial charge in [-0.1, -0.05) is 0 Å². The molecule has 1 aromatic carbocycles. The summed E-state index contributed by atoms with van der Waals surface area (Å²) in [5.41, 5.74) is 1.89. The van der Waals surface area contributed by atoms with Crippen LogP contribution in [0.2, 0.25) is 0 Å². The van der Waals surface area contributed by atoms with E-state index in [1.807, 2.05) is 43.3 Å². The highest BCUT2D eigenvalue weighted by atomic mass is 35.5. The van der Waals surface area contributed by atoms with E-state index < -0.39 is 5.41 Å². The van der Waals surface area contributed by atoms with Gasteiger partial charge in [-0.25, -0.2) is 0 Å². The summed E-state index contributed by atoms with van der Waals surface area (Å²) in [6, 6.07) is 13.1. The molecule has 242 valence electrons. The van der Waals surface area contributed by atoms with E-state index in [1.165, 1.54) is 6.26 Å². The maximum Gasteiger partial charge on any atom is 0.261 e. The Labute approximate surface area is 275 Å². The summed E-state index contributed by atoms with van der Waals surface area (Å²) in [6.45, 7) is 7.58. The third-order valence-corrected chi connectivity index (χ3v) is 8.12. The van der Waals surface area contributed by atoms with E-state index in [0.717, 1.165) is 31.4 Å². The average molecular weight is 659 g/mol. The molecule has 1 unspecified atom stereocenters. The highest BCUT2D eigenvalue weighted by Crippen LogP contribution is 2.40. The van der Waals surface area contributed by atoms with Gasteiger partial charge >= 0.3 is 0 Å². The second-order valence-electron chi connectivity index (χ2n) is 11.3. The van der Waals surface area contributed by atoms with Gasteiger partial charge in [0.05, 0.1) is 29.6 Å². The molecule has 0 bridgehead atoms. The Kier molecular flexibility index (Phi) is 12.2. The fraction of sp³-hybridized carbons (Fsp3) is 0.394. The summed E-state index contributed by atoms with van der Waals surface area (Å²) < 4.78 is 13.1. The number of halogens is 2. The minimum atomic E-state index is -1.14. The maximum atomic E-state index is 13.1. The quantitative estimate of drug-likeness (QED) is 0.152. The third kappa shape index (κ3) is 7.52. The van der Waals surface area contributed by atoms with Crippen molar-refractivity contribution in [2.24, 2.45) is 5.41 Å². The zero-order valence-corrected chi connectivity index (χ0v) is 27.7. The van der Waals surface area contributed by atoms with Crippen molar-refractivity contribution < 1.29 is 18.7 Å². The van der Waals surface area contributed by atoms with Crippen LogP contribution in [-0.2, 0) is 16.1 Å². The Morgan fingerprint density at radius 3 is 2.47 bits per heavy atom. The van der Waals surface area contributed by atoms with Crippen molar-refractivity contribution in [1.82, 2.24) is 14.9 Å². The molecule has 2 amide bonds. The van der Waals surface area contributed by atoms with Crippen molar-refractivity contribution in [3.05, 3.63) is 83.2 Å². The number of carbonyl (C=O) groups excluding carboxylic acids is 2. The Hall–Kier alpha value is -3.86. The fourth-order valence-corrected chi connectivity index (χ4v) is 5.60. The molecule has 0 spiro atoms. The summed E-state index contributed by atoms with van der Waals surface area (Å²) >= 11 is 0. The summed E-state index contributed by atoms with van der Waals surface area (Å²) in [6.07, 6.45) is 9.33. The first-order valence-electron chi connectivity index (χ1n) is 14.8. The second-order valence-corrected chi connectivity index (χ2v) is 11.3. The van der Waals surface area contributed by atoms with Gasteiger partial charge in [0.2, 0.25) is 11.8 Å². The first-order valence-corrected chi connectivity index (χ1v) is 14.8. The molecule has 1 atom stereocenters. The molecule has 0 saturated heterocycles. The number of nitrogens with zero attached hydrogens (tertiary/aromatic N) is 4. The molecule has 1 aliphatic heterocycles. The molecule has 0 fully saturated rings. The number of fused-ring (bicyclic) bond motifs is 2. The Balaban J connectivity index is 0.00000276. The minimum absolute atomic E-state index is 0. The minimum Gasteiger partial charge on any atom is -0.494 e. The van der Waals surface area contributed by atoms with Gasteiger partial charge in [-0.3, -0.25) is 19.4 Å². The molecule has 1 aliphatic rings. The van der Waals surface area contributed by atoms with Crippen molar-refractivity contribution in [1.29, 1.82) is 0 Å². The van der Waals surface area contributed by atoms with E-state index >= 15 is 0 Å². The molecular weight excluding hydrogens is 617 g/mol. The number of benzene rings is 1. The first-order chi connectivity index (χ1) is 20.7. The lowest BCUT2D eigenvalue weighted by molar-refractivity contribution is -0.137. The number of carbonyl (C=O) groups is 2. The standard InChI is InChI=1S/C33H39N5O5.2ClH/c1-5-38-27-9-8-24(22-28(27)36(4)31(40)33(2,3)32(38)41)42-20-7-6-15-35-26(23-10-16-34-17-11-23)12-18-37-19-13-29-25(30(37)39)14-21-43-29;;/h8-11,13-14,16-17,19,21-22,26,35H,5-7,12,15,18,20H2,1-4H3;2*1H. The largest absolute Gasteiger partial charge is 0.494 e. The molecule has 4 heterocycles. The van der Waals surface area contributed by atoms with Crippen molar-refractivity contribution in [2.75, 3.05) is 36.5 Å². The molecule has 12 heteroatoms. The van der Waals surface area contributed by atoms with Gasteiger partial charge in [-0.2, -0.15) is 0 Å². The van der Waals surface area contributed by atoms with Gasteiger partial charge in [-0.15, -0.1) is 24.8 Å². The molecule has 0 radical (unpaired) electrons. The van der Waals surface area contributed by atoms with Crippen molar-refractivity contribution in [2.45, 2.75) is 52.6 Å². The van der Waals surface area contributed by atoms with E-state index in [-0.39, 0.29) is 48.2 Å². The van der Waals surface area contributed by atoms with E-state index in [9.17, 15) is 14.4 Å². The van der Waals surface area contributed by atoms with Crippen LogP contribution in [0.15, 0.2) is 76.5 Å². The number of hydrogen-bond donors (Lipinski definition) is 1. The van der Waals surface area contributed by atoms with Gasteiger partial charge < -0.3 is 28.8 Å². The number of aromatic nitrogens is 2. The third-order valence-electron chi connectivity index (χ3n) is 8.12. The zero-order valence-electron chi connectivity index (χ0n) is 26.0. The highest BCUT2D eigenvalue weighted by molar-refractivity contribution is 6.20.